The minimum Gasteiger partial charge on any atom is -0.310 e. The second-order valence-electron chi connectivity index (χ2n) is 5.54. The molecule has 0 saturated carbocycles. The zero-order chi connectivity index (χ0) is 15.8. The van der Waals surface area contributed by atoms with E-state index in [1.54, 1.807) is 24.3 Å². The van der Waals surface area contributed by atoms with Crippen LogP contribution in [0.25, 0.3) is 0 Å². The number of nitro benzene ring substituents is 1. The largest absolute Gasteiger partial charge is 0.310 e. The Bertz CT molecular complexity index is 842. The van der Waals surface area contributed by atoms with Crippen LogP contribution < -0.4 is 4.90 Å². The van der Waals surface area contributed by atoms with E-state index in [4.69, 9.17) is 0 Å². The highest BCUT2D eigenvalue weighted by atomic mass is 16.6. The first-order valence-electron chi connectivity index (χ1n) is 7.44. The smallest absolute Gasteiger partial charge is 0.269 e. The van der Waals surface area contributed by atoms with Crippen LogP contribution in [0.3, 0.4) is 0 Å². The van der Waals surface area contributed by atoms with Gasteiger partial charge in [0.1, 0.15) is 0 Å². The van der Waals surface area contributed by atoms with Crippen LogP contribution in [0.15, 0.2) is 72.8 Å². The molecule has 0 radical (unpaired) electrons. The number of anilines is 3. The molecular formula is C19H14N2O2. The van der Waals surface area contributed by atoms with Gasteiger partial charge in [-0.3, -0.25) is 10.1 Å². The van der Waals surface area contributed by atoms with Crippen molar-refractivity contribution in [1.82, 2.24) is 0 Å². The molecule has 0 N–H and O–H groups in total. The average Bonchev–Trinajstić information content (AvgIpc) is 2.59. The van der Waals surface area contributed by atoms with Crippen LogP contribution in [-0.4, -0.2) is 4.92 Å². The molecular weight excluding hydrogens is 288 g/mol. The summed E-state index contributed by atoms with van der Waals surface area (Å²) in [5.74, 6) is 0. The maximum Gasteiger partial charge on any atom is 0.269 e. The summed E-state index contributed by atoms with van der Waals surface area (Å²) in [4.78, 5) is 12.7. The van der Waals surface area contributed by atoms with Crippen LogP contribution in [0.2, 0.25) is 0 Å². The molecule has 4 nitrogen and oxygen atoms in total. The molecule has 4 rings (SSSR count). The molecule has 1 aliphatic heterocycles. The van der Waals surface area contributed by atoms with Crippen molar-refractivity contribution in [3.63, 3.8) is 0 Å². The number of nitrogens with zero attached hydrogens (tertiary/aromatic N) is 2. The molecule has 0 aromatic heterocycles. The topological polar surface area (TPSA) is 46.4 Å². The first-order chi connectivity index (χ1) is 11.2. The molecule has 0 atom stereocenters. The van der Waals surface area contributed by atoms with Gasteiger partial charge in [0.2, 0.25) is 0 Å². The summed E-state index contributed by atoms with van der Waals surface area (Å²) in [6.45, 7) is 0. The fourth-order valence-electron chi connectivity index (χ4n) is 3.09. The molecule has 0 amide bonds. The Morgan fingerprint density at radius 2 is 1.30 bits per heavy atom. The SMILES string of the molecule is O=[N+]([O-])c1ccc(N2c3ccccc3Cc3ccccc32)cc1. The quantitative estimate of drug-likeness (QED) is 0.388. The maximum absolute atomic E-state index is 10.9. The second kappa shape index (κ2) is 5.25. The van der Waals surface area contributed by atoms with Gasteiger partial charge in [0.25, 0.3) is 5.69 Å². The first-order valence-corrected chi connectivity index (χ1v) is 7.44. The Balaban J connectivity index is 1.89. The van der Waals surface area contributed by atoms with E-state index in [2.05, 4.69) is 29.2 Å². The second-order valence-corrected chi connectivity index (χ2v) is 5.54. The summed E-state index contributed by atoms with van der Waals surface area (Å²) >= 11 is 0. The number of nitro groups is 1. The maximum atomic E-state index is 10.9. The lowest BCUT2D eigenvalue weighted by atomic mass is 9.95. The zero-order valence-corrected chi connectivity index (χ0v) is 12.3. The van der Waals surface area contributed by atoms with Crippen molar-refractivity contribution in [1.29, 1.82) is 0 Å². The standard InChI is InChI=1S/C19H14N2O2/c22-21(23)17-11-9-16(10-12-17)20-18-7-3-1-5-14(18)13-15-6-2-4-8-19(15)20/h1-12H,13H2. The van der Waals surface area contributed by atoms with E-state index in [1.807, 2.05) is 24.3 Å². The Morgan fingerprint density at radius 1 is 0.783 bits per heavy atom. The highest BCUT2D eigenvalue weighted by molar-refractivity contribution is 5.83. The molecule has 3 aromatic carbocycles. The number of fused-ring (bicyclic) bond motifs is 2. The molecule has 3 aromatic rings. The van der Waals surface area contributed by atoms with Crippen molar-refractivity contribution < 1.29 is 4.92 Å². The van der Waals surface area contributed by atoms with Gasteiger partial charge in [-0.15, -0.1) is 0 Å². The molecule has 0 fully saturated rings. The van der Waals surface area contributed by atoms with E-state index >= 15 is 0 Å². The number of benzene rings is 3. The van der Waals surface area contributed by atoms with Crippen molar-refractivity contribution in [3.05, 3.63) is 94.0 Å². The van der Waals surface area contributed by atoms with Crippen LogP contribution in [0, 0.1) is 10.1 Å². The first kappa shape index (κ1) is 13.5. The predicted molar refractivity (Wildman–Crippen MR) is 90.6 cm³/mol. The molecule has 1 aliphatic rings. The van der Waals surface area contributed by atoms with E-state index in [-0.39, 0.29) is 10.6 Å². The molecule has 0 unspecified atom stereocenters. The van der Waals surface area contributed by atoms with Crippen LogP contribution in [0.5, 0.6) is 0 Å². The summed E-state index contributed by atoms with van der Waals surface area (Å²) in [6.07, 6.45) is 0.899. The number of hydrogen-bond donors (Lipinski definition) is 0. The minimum absolute atomic E-state index is 0.104. The van der Waals surface area contributed by atoms with E-state index in [0.717, 1.165) is 23.5 Å². The number of para-hydroxylation sites is 2. The molecule has 0 aliphatic carbocycles. The van der Waals surface area contributed by atoms with E-state index in [0.29, 0.717) is 0 Å². The van der Waals surface area contributed by atoms with Gasteiger partial charge >= 0.3 is 0 Å². The third kappa shape index (κ3) is 2.25. The molecule has 23 heavy (non-hydrogen) atoms. The van der Waals surface area contributed by atoms with Crippen LogP contribution in [-0.2, 0) is 6.42 Å². The van der Waals surface area contributed by atoms with Gasteiger partial charge in [0, 0.05) is 35.6 Å². The lowest BCUT2D eigenvalue weighted by Crippen LogP contribution is -2.18. The van der Waals surface area contributed by atoms with Crippen LogP contribution in [0.4, 0.5) is 22.7 Å². The van der Waals surface area contributed by atoms with Crippen molar-refractivity contribution >= 4 is 22.7 Å². The molecule has 4 heteroatoms. The number of rotatable bonds is 2. The van der Waals surface area contributed by atoms with E-state index in [9.17, 15) is 10.1 Å². The van der Waals surface area contributed by atoms with Crippen molar-refractivity contribution in [2.75, 3.05) is 4.90 Å². The molecule has 112 valence electrons. The molecule has 0 spiro atoms. The Hall–Kier alpha value is -3.14. The molecule has 1 heterocycles. The average molecular weight is 302 g/mol. The van der Waals surface area contributed by atoms with Gasteiger partial charge in [-0.1, -0.05) is 36.4 Å². The summed E-state index contributed by atoms with van der Waals surface area (Å²) in [5.41, 5.74) is 5.79. The van der Waals surface area contributed by atoms with Gasteiger partial charge in [0.05, 0.1) is 4.92 Å². The summed E-state index contributed by atoms with van der Waals surface area (Å²) in [6, 6.07) is 23.3. The van der Waals surface area contributed by atoms with Crippen molar-refractivity contribution in [2.45, 2.75) is 6.42 Å². The summed E-state index contributed by atoms with van der Waals surface area (Å²) < 4.78 is 0. The van der Waals surface area contributed by atoms with Crippen molar-refractivity contribution in [2.24, 2.45) is 0 Å². The van der Waals surface area contributed by atoms with E-state index < -0.39 is 0 Å². The number of hydrogen-bond acceptors (Lipinski definition) is 3. The monoisotopic (exact) mass is 302 g/mol. The minimum atomic E-state index is -0.373. The normalized spacial score (nSPS) is 12.4. The van der Waals surface area contributed by atoms with Gasteiger partial charge in [-0.2, -0.15) is 0 Å². The fraction of sp³-hybridized carbons (Fsp3) is 0.0526. The molecule has 0 saturated heterocycles. The zero-order valence-electron chi connectivity index (χ0n) is 12.3. The summed E-state index contributed by atoms with van der Waals surface area (Å²) in [7, 11) is 0. The summed E-state index contributed by atoms with van der Waals surface area (Å²) in [5, 5.41) is 10.9. The van der Waals surface area contributed by atoms with Gasteiger partial charge < -0.3 is 4.90 Å². The van der Waals surface area contributed by atoms with Crippen LogP contribution >= 0.6 is 0 Å². The lowest BCUT2D eigenvalue weighted by molar-refractivity contribution is -0.384. The lowest BCUT2D eigenvalue weighted by Gasteiger charge is -2.33. The third-order valence-electron chi connectivity index (χ3n) is 4.16. The van der Waals surface area contributed by atoms with Gasteiger partial charge in [0.15, 0.2) is 0 Å². The molecule has 0 bridgehead atoms. The number of non-ortho nitro benzene ring substituents is 1. The van der Waals surface area contributed by atoms with Gasteiger partial charge in [-0.05, 0) is 35.4 Å². The highest BCUT2D eigenvalue weighted by Crippen LogP contribution is 2.43. The third-order valence-corrected chi connectivity index (χ3v) is 4.16. The predicted octanol–water partition coefficient (Wildman–Crippen LogP) is 4.97. The van der Waals surface area contributed by atoms with Crippen LogP contribution in [0.1, 0.15) is 11.1 Å². The Kier molecular flexibility index (Phi) is 3.08. The van der Waals surface area contributed by atoms with Gasteiger partial charge in [-0.25, -0.2) is 0 Å². The Morgan fingerprint density at radius 3 is 1.83 bits per heavy atom. The van der Waals surface area contributed by atoms with E-state index in [1.165, 1.54) is 11.1 Å². The highest BCUT2D eigenvalue weighted by Gasteiger charge is 2.23. The van der Waals surface area contributed by atoms with Crippen molar-refractivity contribution in [3.8, 4) is 0 Å². The Labute approximate surface area is 133 Å². The fourth-order valence-corrected chi connectivity index (χ4v) is 3.09.